The Labute approximate surface area is 258 Å². The van der Waals surface area contributed by atoms with E-state index in [4.69, 9.17) is 5.32 Å². The molecule has 2 aliphatic rings. The normalized spacial score (nSPS) is 19.9. The largest absolute Gasteiger partial charge is 0.548 e. The van der Waals surface area contributed by atoms with Gasteiger partial charge in [-0.25, -0.2) is 0 Å². The van der Waals surface area contributed by atoms with Crippen LogP contribution in [0.2, 0.25) is 0 Å². The van der Waals surface area contributed by atoms with Crippen LogP contribution in [0, 0.1) is 0 Å². The molecule has 6 aromatic carbocycles. The van der Waals surface area contributed by atoms with Gasteiger partial charge in [-0.1, -0.05) is 117 Å². The highest BCUT2D eigenvalue weighted by atomic mass is 15.5. The molecule has 9 rings (SSSR count). The first-order chi connectivity index (χ1) is 21.6. The summed E-state index contributed by atoms with van der Waals surface area (Å²) in [6.07, 6.45) is 0.152. The van der Waals surface area contributed by atoms with E-state index in [1.54, 1.807) is 0 Å². The van der Waals surface area contributed by atoms with Gasteiger partial charge in [0.15, 0.2) is 0 Å². The summed E-state index contributed by atoms with van der Waals surface area (Å²) >= 11 is 0. The highest BCUT2D eigenvalue weighted by Crippen LogP contribution is 2.51. The van der Waals surface area contributed by atoms with E-state index in [2.05, 4.69) is 164 Å². The molecule has 2 unspecified atom stereocenters. The van der Waals surface area contributed by atoms with E-state index in [0.29, 0.717) is 0 Å². The minimum absolute atomic E-state index is 0.0471. The van der Waals surface area contributed by atoms with Crippen LogP contribution in [0.25, 0.3) is 43.9 Å². The molecule has 0 radical (unpaired) electrons. The van der Waals surface area contributed by atoms with Crippen LogP contribution in [0.3, 0.4) is 0 Å². The molecule has 212 valence electrons. The minimum atomic E-state index is -0.0471. The highest BCUT2D eigenvalue weighted by Gasteiger charge is 2.37. The quantitative estimate of drug-likeness (QED) is 0.219. The smallest absolute Gasteiger partial charge is 0.129 e. The fourth-order valence-corrected chi connectivity index (χ4v) is 7.74. The average molecular weight is 568 g/mol. The minimum Gasteiger partial charge on any atom is -0.548 e. The van der Waals surface area contributed by atoms with Crippen molar-refractivity contribution in [3.63, 3.8) is 0 Å². The molecule has 1 aliphatic heterocycles. The maximum atomic E-state index is 5.20. The van der Waals surface area contributed by atoms with E-state index in [-0.39, 0.29) is 17.7 Å². The molecular weight excluding hydrogens is 534 g/mol. The summed E-state index contributed by atoms with van der Waals surface area (Å²) in [5, 5.41) is 7.79. The van der Waals surface area contributed by atoms with Gasteiger partial charge in [-0.05, 0) is 63.7 Å². The Morgan fingerprint density at radius 2 is 1.16 bits per heavy atom. The van der Waals surface area contributed by atoms with E-state index >= 15 is 0 Å². The molecular formula is C41H33N3. The Bertz CT molecular complexity index is 2130. The molecule has 3 nitrogen and oxygen atoms in total. The number of para-hydroxylation sites is 1. The summed E-state index contributed by atoms with van der Waals surface area (Å²) in [6, 6.07) is 53.2. The van der Waals surface area contributed by atoms with E-state index in [1.807, 2.05) is 0 Å². The van der Waals surface area contributed by atoms with Crippen LogP contribution in [0.4, 0.5) is 5.69 Å². The number of nitrogens with zero attached hydrogens (tertiary/aromatic N) is 2. The molecule has 0 amide bonds. The first-order valence-corrected chi connectivity index (χ1v) is 15.5. The zero-order valence-corrected chi connectivity index (χ0v) is 24.9. The van der Waals surface area contributed by atoms with Crippen molar-refractivity contribution in [1.29, 1.82) is 0 Å². The van der Waals surface area contributed by atoms with Gasteiger partial charge in [-0.3, -0.25) is 0 Å². The summed E-state index contributed by atoms with van der Waals surface area (Å²) < 4.78 is 2.45. The number of benzene rings is 6. The number of hydrogen-bond acceptors (Lipinski definition) is 0. The first kappa shape index (κ1) is 25.5. The molecule has 1 saturated heterocycles. The van der Waals surface area contributed by atoms with Gasteiger partial charge in [0, 0.05) is 46.3 Å². The van der Waals surface area contributed by atoms with Gasteiger partial charge < -0.3 is 14.8 Å². The molecule has 44 heavy (non-hydrogen) atoms. The Hall–Kier alpha value is -4.96. The van der Waals surface area contributed by atoms with Crippen LogP contribution >= 0.6 is 0 Å². The lowest BCUT2D eigenvalue weighted by Gasteiger charge is -2.58. The monoisotopic (exact) mass is 567 g/mol. The van der Waals surface area contributed by atoms with Crippen LogP contribution in [0.15, 0.2) is 146 Å². The summed E-state index contributed by atoms with van der Waals surface area (Å²) in [5.41, 5.74) is 12.9. The number of hydrogen-bond donors (Lipinski definition) is 1. The van der Waals surface area contributed by atoms with Crippen LogP contribution < -0.4 is 4.90 Å². The van der Waals surface area contributed by atoms with Crippen molar-refractivity contribution in [1.82, 2.24) is 4.57 Å². The average Bonchev–Trinajstić information content (AvgIpc) is 3.49. The fourth-order valence-electron chi connectivity index (χ4n) is 7.74. The zero-order valence-electron chi connectivity index (χ0n) is 24.9. The van der Waals surface area contributed by atoms with Crippen molar-refractivity contribution in [3.05, 3.63) is 173 Å². The second-order valence-corrected chi connectivity index (χ2v) is 12.7. The molecule has 0 saturated carbocycles. The van der Waals surface area contributed by atoms with Gasteiger partial charge in [-0.2, -0.15) is 0 Å². The van der Waals surface area contributed by atoms with Gasteiger partial charge in [0.25, 0.3) is 0 Å². The number of rotatable bonds is 4. The van der Waals surface area contributed by atoms with Crippen LogP contribution in [0.1, 0.15) is 48.4 Å². The summed E-state index contributed by atoms with van der Waals surface area (Å²) in [4.78, 5) is 1.37. The third-order valence-electron chi connectivity index (χ3n) is 9.95. The van der Waals surface area contributed by atoms with Crippen LogP contribution in [-0.4, -0.2) is 4.57 Å². The highest BCUT2D eigenvalue weighted by molar-refractivity contribution is 6.11. The van der Waals surface area contributed by atoms with E-state index < -0.39 is 0 Å². The van der Waals surface area contributed by atoms with Gasteiger partial charge in [0.1, 0.15) is 5.69 Å². The lowest BCUT2D eigenvalue weighted by molar-refractivity contribution is -0.927. The van der Waals surface area contributed by atoms with E-state index in [0.717, 1.165) is 0 Å². The number of fused-ring (bicyclic) bond motifs is 6. The molecule has 2 heterocycles. The molecule has 2 atom stereocenters. The second-order valence-electron chi connectivity index (χ2n) is 12.7. The zero-order chi connectivity index (χ0) is 29.4. The van der Waals surface area contributed by atoms with Gasteiger partial charge in [-0.15, -0.1) is 0 Å². The van der Waals surface area contributed by atoms with Gasteiger partial charge in [0.05, 0.1) is 11.0 Å². The molecule has 0 bridgehead atoms. The number of aromatic nitrogens is 1. The van der Waals surface area contributed by atoms with Crippen molar-refractivity contribution < 1.29 is 4.90 Å². The first-order valence-electron chi connectivity index (χ1n) is 15.5. The molecule has 1 aromatic heterocycles. The van der Waals surface area contributed by atoms with E-state index in [1.165, 1.54) is 71.5 Å². The summed E-state index contributed by atoms with van der Waals surface area (Å²) in [6.45, 7) is 4.72. The predicted octanol–water partition coefficient (Wildman–Crippen LogP) is 9.39. The SMILES string of the molecule is CC1(C)c2ccccc2-c2cc3c4ccccc4n(-c4ccc([NH+]5C(c6ccccc6)[N-]C5c5ccccc5)cc4)c3cc21. The Morgan fingerprint density at radius 1 is 0.545 bits per heavy atom. The topological polar surface area (TPSA) is 23.5 Å². The molecule has 3 heteroatoms. The lowest BCUT2D eigenvalue weighted by atomic mass is 9.82. The molecule has 1 aliphatic carbocycles. The standard InChI is InChI=1S/C41H32N3/c1-41(2)35-19-11-9-17-31(35)33-25-34-32-18-10-12-20-37(32)43(38(34)26-36(33)41)29-21-23-30(24-22-29)44-39(27-13-5-3-6-14-27)42-40(44)28-15-7-4-8-16-28/h3-26,39-40H,1-2H3/q-1/p+1. The lowest BCUT2D eigenvalue weighted by Crippen LogP contribution is -3.13. The predicted molar refractivity (Wildman–Crippen MR) is 181 cm³/mol. The summed E-state index contributed by atoms with van der Waals surface area (Å²) in [5.74, 6) is 0. The van der Waals surface area contributed by atoms with Gasteiger partial charge in [0.2, 0.25) is 0 Å². The second kappa shape index (κ2) is 9.52. The van der Waals surface area contributed by atoms with Crippen LogP contribution in [0.5, 0.6) is 0 Å². The van der Waals surface area contributed by atoms with Crippen molar-refractivity contribution in [2.45, 2.75) is 31.6 Å². The van der Waals surface area contributed by atoms with E-state index in [9.17, 15) is 0 Å². The van der Waals surface area contributed by atoms with Crippen molar-refractivity contribution in [2.24, 2.45) is 0 Å². The molecule has 1 N–H and O–H groups in total. The molecule has 0 spiro atoms. The Kier molecular flexibility index (Phi) is 5.52. The third-order valence-corrected chi connectivity index (χ3v) is 9.95. The maximum Gasteiger partial charge on any atom is 0.129 e. The van der Waals surface area contributed by atoms with Crippen LogP contribution in [-0.2, 0) is 5.41 Å². The third kappa shape index (κ3) is 3.64. The van der Waals surface area contributed by atoms with Crippen molar-refractivity contribution in [2.75, 3.05) is 0 Å². The maximum absolute atomic E-state index is 5.20. The number of nitrogens with one attached hydrogen (secondary N) is 1. The Morgan fingerprint density at radius 3 is 1.86 bits per heavy atom. The molecule has 7 aromatic rings. The Balaban J connectivity index is 1.18. The van der Waals surface area contributed by atoms with Gasteiger partial charge >= 0.3 is 0 Å². The molecule has 1 fully saturated rings. The number of quaternary nitrogens is 1. The fraction of sp³-hybridized carbons (Fsp3) is 0.122. The van der Waals surface area contributed by atoms with Crippen molar-refractivity contribution in [3.8, 4) is 16.8 Å². The summed E-state index contributed by atoms with van der Waals surface area (Å²) in [7, 11) is 0. The van der Waals surface area contributed by atoms with Crippen molar-refractivity contribution >= 4 is 27.5 Å².